The molecule has 0 spiro atoms. The molecule has 0 bridgehead atoms. The van der Waals surface area contributed by atoms with Crippen molar-refractivity contribution in [1.29, 1.82) is 0 Å². The fourth-order valence-corrected chi connectivity index (χ4v) is 2.43. The van der Waals surface area contributed by atoms with Gasteiger partial charge in [0, 0.05) is 5.02 Å². The van der Waals surface area contributed by atoms with Gasteiger partial charge in [0.05, 0.1) is 6.61 Å². The average Bonchev–Trinajstić information content (AvgIpc) is 2.56. The van der Waals surface area contributed by atoms with Gasteiger partial charge in [-0.25, -0.2) is 9.59 Å². The molecule has 0 saturated carbocycles. The van der Waals surface area contributed by atoms with E-state index in [1.165, 1.54) is 19.3 Å². The van der Waals surface area contributed by atoms with Crippen LogP contribution in [0.15, 0.2) is 18.2 Å². The first-order valence-corrected chi connectivity index (χ1v) is 9.11. The summed E-state index contributed by atoms with van der Waals surface area (Å²) < 4.78 is 15.2. The Morgan fingerprint density at radius 2 is 1.68 bits per heavy atom. The molecule has 6 heteroatoms. The molecule has 1 aromatic rings. The van der Waals surface area contributed by atoms with Crippen molar-refractivity contribution in [1.82, 2.24) is 0 Å². The maximum absolute atomic E-state index is 11.7. The van der Waals surface area contributed by atoms with Gasteiger partial charge in [0.15, 0.2) is 0 Å². The lowest BCUT2D eigenvalue weighted by molar-refractivity contribution is -0.152. The molecule has 0 aliphatic rings. The molecule has 25 heavy (non-hydrogen) atoms. The number of rotatable bonds is 12. The zero-order valence-corrected chi connectivity index (χ0v) is 15.8. The molecule has 5 nitrogen and oxygen atoms in total. The van der Waals surface area contributed by atoms with Gasteiger partial charge in [-0.15, -0.1) is 0 Å². The minimum atomic E-state index is -0.575. The Labute approximate surface area is 154 Å². The van der Waals surface area contributed by atoms with Crippen LogP contribution >= 0.6 is 11.6 Å². The fraction of sp³-hybridized carbons (Fsp3) is 0.579. The van der Waals surface area contributed by atoms with E-state index in [0.29, 0.717) is 17.4 Å². The summed E-state index contributed by atoms with van der Waals surface area (Å²) in [6, 6.07) is 4.95. The summed E-state index contributed by atoms with van der Waals surface area (Å²) in [5.74, 6) is -0.623. The Kier molecular flexibility index (Phi) is 10.9. The van der Waals surface area contributed by atoms with Crippen molar-refractivity contribution in [3.8, 4) is 5.75 Å². The largest absolute Gasteiger partial charge is 0.464 e. The molecule has 0 amide bonds. The fourth-order valence-electron chi connectivity index (χ4n) is 2.21. The number of halogens is 1. The number of hydrogen-bond donors (Lipinski definition) is 0. The predicted molar refractivity (Wildman–Crippen MR) is 97.0 cm³/mol. The highest BCUT2D eigenvalue weighted by molar-refractivity contribution is 6.30. The first-order chi connectivity index (χ1) is 12.0. The molecule has 0 aromatic heterocycles. The lowest BCUT2D eigenvalue weighted by Crippen LogP contribution is -2.20. The second-order valence-electron chi connectivity index (χ2n) is 5.86. The van der Waals surface area contributed by atoms with Gasteiger partial charge in [-0.05, 0) is 37.1 Å². The highest BCUT2D eigenvalue weighted by Crippen LogP contribution is 2.21. The molecule has 0 radical (unpaired) electrons. The van der Waals surface area contributed by atoms with Gasteiger partial charge in [-0.2, -0.15) is 0 Å². The van der Waals surface area contributed by atoms with Crippen LogP contribution in [0.3, 0.4) is 0 Å². The first kappa shape index (κ1) is 21.5. The highest BCUT2D eigenvalue weighted by Gasteiger charge is 2.10. The zero-order valence-electron chi connectivity index (χ0n) is 15.0. The van der Waals surface area contributed by atoms with E-state index in [2.05, 4.69) is 6.92 Å². The molecule has 0 N–H and O–H groups in total. The van der Waals surface area contributed by atoms with Crippen LogP contribution in [0.5, 0.6) is 5.75 Å². The number of carbonyl (C=O) groups excluding carboxylic acids is 2. The van der Waals surface area contributed by atoms with Crippen molar-refractivity contribution in [3.05, 3.63) is 28.8 Å². The summed E-state index contributed by atoms with van der Waals surface area (Å²) in [6.07, 6.45) is 6.76. The maximum Gasteiger partial charge on any atom is 0.337 e. The minimum absolute atomic E-state index is 0.259. The van der Waals surface area contributed by atoms with E-state index < -0.39 is 11.9 Å². The molecule has 0 heterocycles. The number of benzene rings is 1. The molecular weight excluding hydrogens is 344 g/mol. The van der Waals surface area contributed by atoms with Crippen molar-refractivity contribution in [2.75, 3.05) is 19.8 Å². The molecule has 1 aromatic carbocycles. The van der Waals surface area contributed by atoms with Gasteiger partial charge in [0.25, 0.3) is 0 Å². The topological polar surface area (TPSA) is 61.8 Å². The Balaban J connectivity index is 2.09. The van der Waals surface area contributed by atoms with Gasteiger partial charge in [-0.1, -0.05) is 50.6 Å². The van der Waals surface area contributed by atoms with E-state index in [1.807, 2.05) is 0 Å². The molecule has 0 fully saturated rings. The van der Waals surface area contributed by atoms with Crippen LogP contribution < -0.4 is 4.74 Å². The van der Waals surface area contributed by atoms with Crippen LogP contribution in [0.1, 0.15) is 51.0 Å². The standard InChI is InChI=1S/C19H27ClO5/c1-3-4-5-6-7-8-11-24-18(21)13-23-14-19(22)25-17-10-9-16(20)12-15(17)2/h9-10,12H,3-8,11,13-14H2,1-2H3. The average molecular weight is 371 g/mol. The van der Waals surface area contributed by atoms with Crippen LogP contribution in [0.25, 0.3) is 0 Å². The molecule has 0 unspecified atom stereocenters. The molecule has 1 rings (SSSR count). The van der Waals surface area contributed by atoms with E-state index in [1.54, 1.807) is 25.1 Å². The van der Waals surface area contributed by atoms with Gasteiger partial charge >= 0.3 is 11.9 Å². The van der Waals surface area contributed by atoms with Crippen LogP contribution in [-0.4, -0.2) is 31.8 Å². The number of hydrogen-bond acceptors (Lipinski definition) is 5. The van der Waals surface area contributed by atoms with Crippen LogP contribution in [0.4, 0.5) is 0 Å². The lowest BCUT2D eigenvalue weighted by Gasteiger charge is -2.08. The summed E-state index contributed by atoms with van der Waals surface area (Å²) >= 11 is 5.84. The van der Waals surface area contributed by atoms with Gasteiger partial charge in [0.1, 0.15) is 19.0 Å². The van der Waals surface area contributed by atoms with Gasteiger partial charge in [-0.3, -0.25) is 0 Å². The summed E-state index contributed by atoms with van der Waals surface area (Å²) in [5.41, 5.74) is 0.749. The first-order valence-electron chi connectivity index (χ1n) is 8.73. The van der Waals surface area contributed by atoms with Crippen molar-refractivity contribution < 1.29 is 23.8 Å². The minimum Gasteiger partial charge on any atom is -0.464 e. The number of aryl methyl sites for hydroxylation is 1. The van der Waals surface area contributed by atoms with Crippen molar-refractivity contribution in [2.24, 2.45) is 0 Å². The quantitative estimate of drug-likeness (QED) is 0.308. The predicted octanol–water partition coefficient (Wildman–Crippen LogP) is 4.47. The third kappa shape index (κ3) is 10.1. The number of unbranched alkanes of at least 4 members (excludes halogenated alkanes) is 5. The third-order valence-corrected chi connectivity index (χ3v) is 3.80. The zero-order chi connectivity index (χ0) is 18.5. The van der Waals surface area contributed by atoms with Crippen molar-refractivity contribution in [3.63, 3.8) is 0 Å². The second kappa shape index (κ2) is 12.7. The summed E-state index contributed by atoms with van der Waals surface area (Å²) in [7, 11) is 0. The Morgan fingerprint density at radius 1 is 1.00 bits per heavy atom. The molecule has 0 aliphatic heterocycles. The van der Waals surface area contributed by atoms with E-state index in [-0.39, 0.29) is 13.2 Å². The monoisotopic (exact) mass is 370 g/mol. The summed E-state index contributed by atoms with van der Waals surface area (Å²) in [4.78, 5) is 23.2. The van der Waals surface area contributed by atoms with E-state index in [9.17, 15) is 9.59 Å². The van der Waals surface area contributed by atoms with E-state index in [4.69, 9.17) is 25.8 Å². The second-order valence-corrected chi connectivity index (χ2v) is 6.30. The number of ether oxygens (including phenoxy) is 3. The van der Waals surface area contributed by atoms with E-state index in [0.717, 1.165) is 24.8 Å². The lowest BCUT2D eigenvalue weighted by atomic mass is 10.1. The summed E-state index contributed by atoms with van der Waals surface area (Å²) in [5, 5.41) is 0.571. The summed E-state index contributed by atoms with van der Waals surface area (Å²) in [6.45, 7) is 3.78. The van der Waals surface area contributed by atoms with E-state index >= 15 is 0 Å². The normalized spacial score (nSPS) is 10.5. The van der Waals surface area contributed by atoms with Crippen molar-refractivity contribution >= 4 is 23.5 Å². The molecule has 0 saturated heterocycles. The van der Waals surface area contributed by atoms with Gasteiger partial charge < -0.3 is 14.2 Å². The molecule has 140 valence electrons. The maximum atomic E-state index is 11.7. The smallest absolute Gasteiger partial charge is 0.337 e. The Hall–Kier alpha value is -1.59. The number of esters is 2. The Bertz CT molecular complexity index is 545. The van der Waals surface area contributed by atoms with Crippen LogP contribution in [0.2, 0.25) is 5.02 Å². The molecule has 0 atom stereocenters. The van der Waals surface area contributed by atoms with Gasteiger partial charge in [0.2, 0.25) is 0 Å². The number of carbonyl (C=O) groups is 2. The Morgan fingerprint density at radius 3 is 2.40 bits per heavy atom. The molecule has 0 aliphatic carbocycles. The van der Waals surface area contributed by atoms with Crippen LogP contribution in [-0.2, 0) is 19.1 Å². The van der Waals surface area contributed by atoms with Crippen LogP contribution in [0, 0.1) is 6.92 Å². The van der Waals surface area contributed by atoms with Crippen molar-refractivity contribution in [2.45, 2.75) is 52.4 Å². The SMILES string of the molecule is CCCCCCCCOC(=O)COCC(=O)Oc1ccc(Cl)cc1C. The third-order valence-electron chi connectivity index (χ3n) is 3.56. The molecular formula is C19H27ClO5. The highest BCUT2D eigenvalue weighted by atomic mass is 35.5.